The second-order valence-corrected chi connectivity index (χ2v) is 7.37. The smallest absolute Gasteiger partial charge is 0.310 e. The van der Waals surface area contributed by atoms with Gasteiger partial charge in [-0.2, -0.15) is 5.10 Å². The second-order valence-electron chi connectivity index (χ2n) is 6.37. The van der Waals surface area contributed by atoms with Crippen molar-refractivity contribution in [3.8, 4) is 5.82 Å². The molecule has 0 radical (unpaired) electrons. The van der Waals surface area contributed by atoms with Crippen molar-refractivity contribution in [3.05, 3.63) is 69.2 Å². The highest BCUT2D eigenvalue weighted by Gasteiger charge is 2.15. The Hall–Kier alpha value is -2.64. The van der Waals surface area contributed by atoms with Crippen LogP contribution in [0, 0.1) is 6.92 Å². The van der Waals surface area contributed by atoms with Crippen molar-refractivity contribution in [3.63, 3.8) is 0 Å². The standard InChI is InChI=1S/C19H20N4O2S/c1-12-4-7-18(20-12)23-9-8-15(21-23)13(2)14-5-6-16-17(10-14)26-19(24)22(16)11-25-3/h4-10,13,20H,11H2,1-3H3. The number of hydrogen-bond donors (Lipinski definition) is 1. The summed E-state index contributed by atoms with van der Waals surface area (Å²) >= 11 is 1.25. The van der Waals surface area contributed by atoms with Crippen LogP contribution < -0.4 is 4.87 Å². The molecule has 1 aromatic carbocycles. The van der Waals surface area contributed by atoms with E-state index in [0.29, 0.717) is 0 Å². The number of aromatic amines is 1. The summed E-state index contributed by atoms with van der Waals surface area (Å²) in [6, 6.07) is 12.2. The van der Waals surface area contributed by atoms with Gasteiger partial charge in [-0.05, 0) is 42.8 Å². The van der Waals surface area contributed by atoms with Gasteiger partial charge >= 0.3 is 4.87 Å². The van der Waals surface area contributed by atoms with Crippen LogP contribution in [0.25, 0.3) is 16.0 Å². The van der Waals surface area contributed by atoms with Gasteiger partial charge in [-0.1, -0.05) is 24.3 Å². The van der Waals surface area contributed by atoms with Crippen LogP contribution in [-0.2, 0) is 11.5 Å². The van der Waals surface area contributed by atoms with Crippen molar-refractivity contribution in [1.82, 2.24) is 19.3 Å². The number of benzene rings is 1. The van der Waals surface area contributed by atoms with Crippen LogP contribution in [0.3, 0.4) is 0 Å². The van der Waals surface area contributed by atoms with E-state index >= 15 is 0 Å². The molecule has 26 heavy (non-hydrogen) atoms. The Morgan fingerprint density at radius 1 is 1.27 bits per heavy atom. The third-order valence-electron chi connectivity index (χ3n) is 4.57. The maximum absolute atomic E-state index is 12.1. The number of nitrogens with one attached hydrogen (secondary N) is 1. The average molecular weight is 368 g/mol. The average Bonchev–Trinajstić information content (AvgIpc) is 3.33. The van der Waals surface area contributed by atoms with Crippen LogP contribution in [0.1, 0.15) is 29.8 Å². The van der Waals surface area contributed by atoms with E-state index in [2.05, 4.69) is 24.0 Å². The fraction of sp³-hybridized carbons (Fsp3) is 0.263. The molecule has 134 valence electrons. The Bertz CT molecular complexity index is 1120. The molecule has 6 nitrogen and oxygen atoms in total. The molecule has 0 aliphatic carbocycles. The Balaban J connectivity index is 1.67. The first kappa shape index (κ1) is 16.8. The lowest BCUT2D eigenvalue weighted by Crippen LogP contribution is -2.13. The van der Waals surface area contributed by atoms with E-state index in [1.807, 2.05) is 42.1 Å². The summed E-state index contributed by atoms with van der Waals surface area (Å²) in [4.78, 5) is 15.4. The lowest BCUT2D eigenvalue weighted by Gasteiger charge is -2.10. The number of aromatic nitrogens is 4. The van der Waals surface area contributed by atoms with Gasteiger partial charge in [0.05, 0.1) is 15.9 Å². The zero-order valence-electron chi connectivity index (χ0n) is 14.9. The highest BCUT2D eigenvalue weighted by atomic mass is 32.1. The summed E-state index contributed by atoms with van der Waals surface area (Å²) in [6.07, 6.45) is 1.96. The molecule has 1 unspecified atom stereocenters. The van der Waals surface area contributed by atoms with Crippen LogP contribution >= 0.6 is 11.3 Å². The van der Waals surface area contributed by atoms with Crippen LogP contribution in [0.5, 0.6) is 0 Å². The highest BCUT2D eigenvalue weighted by Crippen LogP contribution is 2.27. The van der Waals surface area contributed by atoms with Gasteiger partial charge < -0.3 is 9.72 Å². The summed E-state index contributed by atoms with van der Waals surface area (Å²) < 4.78 is 9.59. The minimum absolute atomic E-state index is 0.00181. The third kappa shape index (κ3) is 2.89. The number of ether oxygens (including phenoxy) is 1. The van der Waals surface area contributed by atoms with E-state index in [0.717, 1.165) is 33.0 Å². The lowest BCUT2D eigenvalue weighted by atomic mass is 9.98. The number of rotatable bonds is 5. The third-order valence-corrected chi connectivity index (χ3v) is 5.51. The molecule has 0 spiro atoms. The van der Waals surface area contributed by atoms with Crippen LogP contribution in [0.4, 0.5) is 0 Å². The highest BCUT2D eigenvalue weighted by molar-refractivity contribution is 7.16. The first-order valence-corrected chi connectivity index (χ1v) is 9.22. The molecule has 0 saturated heterocycles. The Morgan fingerprint density at radius 2 is 2.12 bits per heavy atom. The summed E-state index contributed by atoms with van der Waals surface area (Å²) in [7, 11) is 1.59. The number of hydrogen-bond acceptors (Lipinski definition) is 4. The Morgan fingerprint density at radius 3 is 2.85 bits per heavy atom. The maximum atomic E-state index is 12.1. The van der Waals surface area contributed by atoms with E-state index in [1.165, 1.54) is 11.3 Å². The summed E-state index contributed by atoms with van der Waals surface area (Å²) in [5.74, 6) is 1.08. The number of H-pyrrole nitrogens is 1. The Kier molecular flexibility index (Phi) is 4.26. The van der Waals surface area contributed by atoms with Gasteiger partial charge in [0.25, 0.3) is 0 Å². The Labute approximate surface area is 154 Å². The van der Waals surface area contributed by atoms with E-state index < -0.39 is 0 Å². The molecule has 1 N–H and O–H groups in total. The van der Waals surface area contributed by atoms with Crippen molar-refractivity contribution in [2.24, 2.45) is 0 Å². The molecular weight excluding hydrogens is 348 g/mol. The minimum atomic E-state index is -0.00181. The van der Waals surface area contributed by atoms with Gasteiger partial charge in [0.1, 0.15) is 12.5 Å². The number of methoxy groups -OCH3 is 1. The van der Waals surface area contributed by atoms with Crippen molar-refractivity contribution in [2.45, 2.75) is 26.5 Å². The first-order valence-electron chi connectivity index (χ1n) is 8.40. The molecule has 0 aliphatic rings. The lowest BCUT2D eigenvalue weighted by molar-refractivity contribution is 0.133. The maximum Gasteiger partial charge on any atom is 0.310 e. The summed E-state index contributed by atoms with van der Waals surface area (Å²) in [6.45, 7) is 4.42. The largest absolute Gasteiger partial charge is 0.364 e. The van der Waals surface area contributed by atoms with Gasteiger partial charge in [-0.3, -0.25) is 9.36 Å². The topological polar surface area (TPSA) is 64.8 Å². The van der Waals surface area contributed by atoms with Crippen molar-refractivity contribution >= 4 is 21.6 Å². The molecule has 4 rings (SSSR count). The van der Waals surface area contributed by atoms with Gasteiger partial charge in [-0.25, -0.2) is 4.68 Å². The molecule has 0 bridgehead atoms. The summed E-state index contributed by atoms with van der Waals surface area (Å²) in [5, 5.41) is 4.70. The number of aryl methyl sites for hydroxylation is 1. The quantitative estimate of drug-likeness (QED) is 0.585. The SMILES string of the molecule is COCn1c(=O)sc2cc(C(C)c3ccn(-c4ccc(C)[nH]4)n3)ccc21. The normalized spacial score (nSPS) is 12.7. The van der Waals surface area contributed by atoms with Crippen molar-refractivity contribution in [1.29, 1.82) is 0 Å². The fourth-order valence-corrected chi connectivity index (χ4v) is 4.03. The number of thiazole rings is 1. The minimum Gasteiger partial charge on any atom is -0.364 e. The van der Waals surface area contributed by atoms with Gasteiger partial charge in [-0.15, -0.1) is 0 Å². The fourth-order valence-electron chi connectivity index (χ4n) is 3.10. The number of fused-ring (bicyclic) bond motifs is 1. The summed E-state index contributed by atoms with van der Waals surface area (Å²) in [5.41, 5.74) is 4.13. The molecular formula is C19H20N4O2S. The molecule has 3 heterocycles. The molecule has 7 heteroatoms. The van der Waals surface area contributed by atoms with Crippen LogP contribution in [-0.4, -0.2) is 26.4 Å². The predicted octanol–water partition coefficient (Wildman–Crippen LogP) is 3.64. The van der Waals surface area contributed by atoms with Crippen molar-refractivity contribution < 1.29 is 4.74 Å². The molecule has 0 fully saturated rings. The predicted molar refractivity (Wildman–Crippen MR) is 103 cm³/mol. The molecule has 0 amide bonds. The van der Waals surface area contributed by atoms with E-state index in [-0.39, 0.29) is 17.5 Å². The zero-order valence-corrected chi connectivity index (χ0v) is 15.7. The molecule has 3 aromatic heterocycles. The zero-order chi connectivity index (χ0) is 18.3. The van der Waals surface area contributed by atoms with Gasteiger partial charge in [0, 0.05) is 24.9 Å². The first-order chi connectivity index (χ1) is 12.6. The molecule has 0 saturated carbocycles. The number of nitrogens with zero attached hydrogens (tertiary/aromatic N) is 3. The van der Waals surface area contributed by atoms with E-state index in [4.69, 9.17) is 9.84 Å². The van der Waals surface area contributed by atoms with Crippen molar-refractivity contribution in [2.75, 3.05) is 7.11 Å². The van der Waals surface area contributed by atoms with Crippen LogP contribution in [0.2, 0.25) is 0 Å². The molecule has 4 aromatic rings. The molecule has 1 atom stereocenters. The van der Waals surface area contributed by atoms with Gasteiger partial charge in [0.2, 0.25) is 0 Å². The second kappa shape index (κ2) is 6.59. The van der Waals surface area contributed by atoms with Crippen LogP contribution in [0.15, 0.2) is 47.4 Å². The monoisotopic (exact) mass is 368 g/mol. The van der Waals surface area contributed by atoms with E-state index in [9.17, 15) is 4.79 Å². The van der Waals surface area contributed by atoms with Gasteiger partial charge in [0.15, 0.2) is 0 Å². The van der Waals surface area contributed by atoms with E-state index in [1.54, 1.807) is 11.7 Å². The molecule has 0 aliphatic heterocycles.